The summed E-state index contributed by atoms with van der Waals surface area (Å²) in [5, 5.41) is 13.2. The van der Waals surface area contributed by atoms with Crippen LogP contribution >= 0.6 is 11.3 Å². The van der Waals surface area contributed by atoms with Crippen molar-refractivity contribution in [2.24, 2.45) is 0 Å². The van der Waals surface area contributed by atoms with Crippen LogP contribution < -0.4 is 5.32 Å². The summed E-state index contributed by atoms with van der Waals surface area (Å²) in [5.74, 6) is -1.80. The van der Waals surface area contributed by atoms with Crippen LogP contribution in [0.15, 0.2) is 54.6 Å². The van der Waals surface area contributed by atoms with Crippen LogP contribution in [0.1, 0.15) is 61.8 Å². The molecule has 1 aliphatic heterocycles. The first-order valence-corrected chi connectivity index (χ1v) is 14.5. The zero-order chi connectivity index (χ0) is 29.8. The molecule has 2 aromatic carbocycles. The molecule has 1 N–H and O–H groups in total. The molecule has 3 heterocycles. The first-order chi connectivity index (χ1) is 20.3. The smallest absolute Gasteiger partial charge is 0.348 e. The van der Waals surface area contributed by atoms with Crippen LogP contribution in [0.25, 0.3) is 10.9 Å². The number of pyridine rings is 1. The topological polar surface area (TPSA) is 122 Å². The van der Waals surface area contributed by atoms with Gasteiger partial charge in [-0.15, -0.1) is 11.3 Å². The van der Waals surface area contributed by atoms with Gasteiger partial charge >= 0.3 is 11.9 Å². The highest BCUT2D eigenvalue weighted by Gasteiger charge is 2.30. The zero-order valence-electron chi connectivity index (χ0n) is 23.6. The van der Waals surface area contributed by atoms with Gasteiger partial charge in [-0.3, -0.25) is 14.7 Å². The van der Waals surface area contributed by atoms with Gasteiger partial charge in [-0.1, -0.05) is 48.5 Å². The van der Waals surface area contributed by atoms with Crippen molar-refractivity contribution in [3.8, 4) is 6.07 Å². The van der Waals surface area contributed by atoms with Crippen LogP contribution in [-0.4, -0.2) is 47.0 Å². The van der Waals surface area contributed by atoms with Gasteiger partial charge in [0, 0.05) is 42.7 Å². The normalized spacial score (nSPS) is 13.6. The van der Waals surface area contributed by atoms with Gasteiger partial charge in [0.2, 0.25) is 0 Å². The Morgan fingerprint density at radius 1 is 1.12 bits per heavy atom. The van der Waals surface area contributed by atoms with E-state index >= 15 is 0 Å². The highest BCUT2D eigenvalue weighted by molar-refractivity contribution is 7.18. The van der Waals surface area contributed by atoms with Crippen LogP contribution in [0.2, 0.25) is 0 Å². The summed E-state index contributed by atoms with van der Waals surface area (Å²) in [6.45, 7) is 7.02. The lowest BCUT2D eigenvalue weighted by Gasteiger charge is -2.30. The van der Waals surface area contributed by atoms with Gasteiger partial charge in [0.05, 0.1) is 23.3 Å². The number of nitrogens with zero attached hydrogens (tertiary/aromatic N) is 3. The molecule has 0 fully saturated rings. The molecule has 42 heavy (non-hydrogen) atoms. The third-order valence-electron chi connectivity index (χ3n) is 7.19. The monoisotopic (exact) mass is 582 g/mol. The quantitative estimate of drug-likeness (QED) is 0.274. The summed E-state index contributed by atoms with van der Waals surface area (Å²) >= 11 is 0.958. The molecule has 0 radical (unpaired) electrons. The van der Waals surface area contributed by atoms with Crippen molar-refractivity contribution in [3.05, 3.63) is 93.0 Å². The number of carbonyl (C=O) groups is 3. The number of anilines is 1. The largest absolute Gasteiger partial charge is 0.462 e. The summed E-state index contributed by atoms with van der Waals surface area (Å²) in [5.41, 5.74) is 4.52. The molecule has 0 spiro atoms. The Balaban J connectivity index is 1.39. The molecule has 1 amide bonds. The lowest BCUT2D eigenvalue weighted by molar-refractivity contribution is -0.123. The van der Waals surface area contributed by atoms with Gasteiger partial charge in [0.1, 0.15) is 15.9 Å². The Morgan fingerprint density at radius 2 is 1.86 bits per heavy atom. The van der Waals surface area contributed by atoms with Crippen molar-refractivity contribution in [1.29, 1.82) is 5.26 Å². The molecule has 2 aromatic heterocycles. The number of hydrogen-bond donors (Lipinski definition) is 1. The molecule has 214 valence electrons. The SMILES string of the molecule is CCOC(=O)c1sc(NC(=O)C(C)OC(=O)c2c3c(nc4ccccc24)CCN(Cc2ccccc2)C3)c(C#N)c1C. The predicted octanol–water partition coefficient (Wildman–Crippen LogP) is 5.40. The molecule has 10 heteroatoms. The summed E-state index contributed by atoms with van der Waals surface area (Å²) in [6.07, 6.45) is -0.495. The van der Waals surface area contributed by atoms with E-state index in [1.807, 2.05) is 48.5 Å². The average molecular weight is 583 g/mol. The Kier molecular flexibility index (Phi) is 8.61. The van der Waals surface area contributed by atoms with E-state index in [9.17, 15) is 19.6 Å². The number of fused-ring (bicyclic) bond motifs is 2. The van der Waals surface area contributed by atoms with Gasteiger partial charge in [0.25, 0.3) is 5.91 Å². The van der Waals surface area contributed by atoms with Gasteiger partial charge < -0.3 is 14.8 Å². The van der Waals surface area contributed by atoms with Gasteiger partial charge in [0.15, 0.2) is 6.10 Å². The number of aromatic nitrogens is 1. The van der Waals surface area contributed by atoms with Crippen LogP contribution in [0.5, 0.6) is 0 Å². The van der Waals surface area contributed by atoms with Crippen LogP contribution in [-0.2, 0) is 33.8 Å². The van der Waals surface area contributed by atoms with Crippen molar-refractivity contribution in [3.63, 3.8) is 0 Å². The maximum absolute atomic E-state index is 13.7. The van der Waals surface area contributed by atoms with Crippen LogP contribution in [0.4, 0.5) is 5.00 Å². The number of nitriles is 1. The Morgan fingerprint density at radius 3 is 2.60 bits per heavy atom. The lowest BCUT2D eigenvalue weighted by Crippen LogP contribution is -2.34. The molecule has 0 saturated heterocycles. The van der Waals surface area contributed by atoms with Crippen molar-refractivity contribution < 1.29 is 23.9 Å². The fourth-order valence-corrected chi connectivity index (χ4v) is 6.12. The number of benzene rings is 2. The number of rotatable bonds is 8. The maximum Gasteiger partial charge on any atom is 0.348 e. The van der Waals surface area contributed by atoms with Crippen molar-refractivity contribution in [2.45, 2.75) is 46.4 Å². The minimum absolute atomic E-state index is 0.169. The first-order valence-electron chi connectivity index (χ1n) is 13.7. The number of esters is 2. The fourth-order valence-electron chi connectivity index (χ4n) is 5.07. The zero-order valence-corrected chi connectivity index (χ0v) is 24.4. The van der Waals surface area contributed by atoms with E-state index in [1.54, 1.807) is 13.8 Å². The van der Waals surface area contributed by atoms with E-state index in [2.05, 4.69) is 22.3 Å². The standard InChI is InChI=1S/C32H30N4O5S/c1-4-40-32(39)28-19(2)23(16-33)30(42-28)35-29(37)20(3)41-31(38)27-22-12-8-9-13-25(22)34-26-14-15-36(18-24(26)27)17-21-10-6-5-7-11-21/h5-13,20H,4,14-15,17-18H2,1-3H3,(H,35,37). The highest BCUT2D eigenvalue weighted by Crippen LogP contribution is 2.34. The average Bonchev–Trinajstić information content (AvgIpc) is 3.30. The lowest BCUT2D eigenvalue weighted by atomic mass is 9.95. The molecular formula is C32H30N4O5S. The van der Waals surface area contributed by atoms with E-state index in [1.165, 1.54) is 12.5 Å². The molecular weight excluding hydrogens is 552 g/mol. The van der Waals surface area contributed by atoms with Gasteiger partial charge in [-0.25, -0.2) is 9.59 Å². The number of para-hydroxylation sites is 1. The minimum atomic E-state index is -1.18. The predicted molar refractivity (Wildman–Crippen MR) is 159 cm³/mol. The number of carbonyl (C=O) groups excluding carboxylic acids is 3. The van der Waals surface area contributed by atoms with E-state index in [0.29, 0.717) is 35.0 Å². The van der Waals surface area contributed by atoms with E-state index < -0.39 is 23.9 Å². The molecule has 1 aliphatic rings. The molecule has 0 aliphatic carbocycles. The van der Waals surface area contributed by atoms with Crippen molar-refractivity contribution >= 4 is 45.1 Å². The van der Waals surface area contributed by atoms with Gasteiger partial charge in [-0.05, 0) is 38.0 Å². The maximum atomic E-state index is 13.7. The number of hydrogen-bond acceptors (Lipinski definition) is 9. The molecule has 0 saturated carbocycles. The summed E-state index contributed by atoms with van der Waals surface area (Å²) < 4.78 is 10.8. The van der Waals surface area contributed by atoms with Crippen molar-refractivity contribution in [2.75, 3.05) is 18.5 Å². The summed E-state index contributed by atoms with van der Waals surface area (Å²) in [7, 11) is 0. The summed E-state index contributed by atoms with van der Waals surface area (Å²) in [4.78, 5) is 46.6. The number of nitrogens with one attached hydrogen (secondary N) is 1. The third kappa shape index (κ3) is 5.88. The van der Waals surface area contributed by atoms with E-state index in [-0.39, 0.29) is 22.0 Å². The Labute approximate surface area is 247 Å². The van der Waals surface area contributed by atoms with Crippen LogP contribution in [0.3, 0.4) is 0 Å². The highest BCUT2D eigenvalue weighted by atomic mass is 32.1. The Bertz CT molecular complexity index is 1710. The number of amides is 1. The molecule has 4 aromatic rings. The van der Waals surface area contributed by atoms with Crippen molar-refractivity contribution in [1.82, 2.24) is 9.88 Å². The fraction of sp³-hybridized carbons (Fsp3) is 0.281. The molecule has 1 unspecified atom stereocenters. The molecule has 5 rings (SSSR count). The van der Waals surface area contributed by atoms with E-state index in [0.717, 1.165) is 35.7 Å². The Hall–Kier alpha value is -4.59. The van der Waals surface area contributed by atoms with Gasteiger partial charge in [-0.2, -0.15) is 5.26 Å². The molecule has 0 bridgehead atoms. The van der Waals surface area contributed by atoms with E-state index in [4.69, 9.17) is 14.5 Å². The second-order valence-electron chi connectivity index (χ2n) is 10.0. The number of thiophene rings is 1. The second kappa shape index (κ2) is 12.5. The third-order valence-corrected chi connectivity index (χ3v) is 8.38. The first kappa shape index (κ1) is 28.9. The minimum Gasteiger partial charge on any atom is -0.462 e. The molecule has 9 nitrogen and oxygen atoms in total. The van der Waals surface area contributed by atoms with Crippen LogP contribution in [0, 0.1) is 18.3 Å². The molecule has 1 atom stereocenters. The number of ether oxygens (including phenoxy) is 2. The second-order valence-corrected chi connectivity index (χ2v) is 11.0. The summed E-state index contributed by atoms with van der Waals surface area (Å²) in [6, 6.07) is 19.6.